The molecule has 0 bridgehead atoms. The molecule has 0 radical (unpaired) electrons. The van der Waals surface area contributed by atoms with Gasteiger partial charge in [-0.1, -0.05) is 12.1 Å². The Kier molecular flexibility index (Phi) is 8.57. The van der Waals surface area contributed by atoms with Crippen molar-refractivity contribution in [3.05, 3.63) is 29.8 Å². The van der Waals surface area contributed by atoms with E-state index in [2.05, 4.69) is 10.6 Å². The molecule has 0 aromatic heterocycles. The fourth-order valence-corrected chi connectivity index (χ4v) is 3.96. The van der Waals surface area contributed by atoms with Crippen molar-refractivity contribution >= 4 is 33.8 Å². The van der Waals surface area contributed by atoms with Crippen LogP contribution in [0.3, 0.4) is 0 Å². The maximum Gasteiger partial charge on any atom is 0.224 e. The van der Waals surface area contributed by atoms with E-state index in [0.717, 1.165) is 32.4 Å². The maximum absolute atomic E-state index is 12.3. The number of anilines is 1. The van der Waals surface area contributed by atoms with E-state index in [4.69, 9.17) is 0 Å². The monoisotopic (exact) mass is 402 g/mol. The fraction of sp³-hybridized carbons (Fsp3) is 0.632. The van der Waals surface area contributed by atoms with Crippen LogP contribution >= 0.6 is 12.4 Å². The van der Waals surface area contributed by atoms with E-state index in [1.54, 1.807) is 45.0 Å². The zero-order chi connectivity index (χ0) is 18.5. The molecule has 1 heterocycles. The van der Waals surface area contributed by atoms with Crippen LogP contribution in [0.1, 0.15) is 52.0 Å². The first-order valence-corrected chi connectivity index (χ1v) is 10.6. The van der Waals surface area contributed by atoms with Gasteiger partial charge in [0.05, 0.1) is 10.5 Å². The predicted octanol–water partition coefficient (Wildman–Crippen LogP) is 3.54. The number of sulfone groups is 1. The third kappa shape index (κ3) is 6.89. The molecular weight excluding hydrogens is 372 g/mol. The molecule has 148 valence electrons. The second-order valence-corrected chi connectivity index (χ2v) is 10.6. The average Bonchev–Trinajstić information content (AvgIpc) is 2.53. The summed E-state index contributed by atoms with van der Waals surface area (Å²) in [5.41, 5.74) is 1.36. The van der Waals surface area contributed by atoms with Gasteiger partial charge in [0.15, 0.2) is 9.84 Å². The van der Waals surface area contributed by atoms with E-state index in [-0.39, 0.29) is 24.1 Å². The number of halogens is 1. The summed E-state index contributed by atoms with van der Waals surface area (Å²) in [5.74, 6) is 0.597. The lowest BCUT2D eigenvalue weighted by Crippen LogP contribution is -2.29. The standard InChI is InChI=1S/C19H30N2O3S.ClH/c1-19(2,3)25(23,24)14-16-5-4-6-17(13-16)21-18(22)8-7-15-9-11-20-12-10-15;/h4-6,13,15,20H,7-12,14H2,1-3H3,(H,21,22);1H. The van der Waals surface area contributed by atoms with Gasteiger partial charge in [0.1, 0.15) is 0 Å². The number of benzene rings is 1. The number of carbonyl (C=O) groups excluding carboxylic acids is 1. The molecule has 1 fully saturated rings. The molecule has 1 aromatic rings. The van der Waals surface area contributed by atoms with Crippen molar-refractivity contribution in [2.75, 3.05) is 18.4 Å². The Morgan fingerprint density at radius 2 is 1.88 bits per heavy atom. The molecule has 7 heteroatoms. The zero-order valence-corrected chi connectivity index (χ0v) is 17.5. The number of rotatable bonds is 6. The summed E-state index contributed by atoms with van der Waals surface area (Å²) in [5, 5.41) is 6.22. The molecule has 2 rings (SSSR count). The Morgan fingerprint density at radius 1 is 1.23 bits per heavy atom. The number of carbonyl (C=O) groups is 1. The van der Waals surface area contributed by atoms with Gasteiger partial charge in [0.2, 0.25) is 5.91 Å². The number of amides is 1. The minimum Gasteiger partial charge on any atom is -0.326 e. The largest absolute Gasteiger partial charge is 0.326 e. The number of hydrogen-bond donors (Lipinski definition) is 2. The van der Waals surface area contributed by atoms with E-state index < -0.39 is 14.6 Å². The van der Waals surface area contributed by atoms with Crippen LogP contribution in [0.4, 0.5) is 5.69 Å². The van der Waals surface area contributed by atoms with E-state index in [1.165, 1.54) is 0 Å². The molecule has 5 nitrogen and oxygen atoms in total. The summed E-state index contributed by atoms with van der Waals surface area (Å²) in [7, 11) is -3.24. The first kappa shape index (κ1) is 22.9. The molecular formula is C19H31ClN2O3S. The van der Waals surface area contributed by atoms with Crippen LogP contribution in [0.5, 0.6) is 0 Å². The highest BCUT2D eigenvalue weighted by Gasteiger charge is 2.29. The molecule has 1 saturated heterocycles. The first-order chi connectivity index (χ1) is 11.7. The van der Waals surface area contributed by atoms with Gasteiger partial charge in [0.25, 0.3) is 0 Å². The van der Waals surface area contributed by atoms with E-state index in [9.17, 15) is 13.2 Å². The second kappa shape index (κ2) is 9.72. The second-order valence-electron chi connectivity index (χ2n) is 7.85. The topological polar surface area (TPSA) is 75.3 Å². The number of hydrogen-bond acceptors (Lipinski definition) is 4. The fourth-order valence-electron chi connectivity index (χ4n) is 2.90. The van der Waals surface area contributed by atoms with Gasteiger partial charge in [-0.15, -0.1) is 12.4 Å². The van der Waals surface area contributed by atoms with Crippen molar-refractivity contribution in [1.29, 1.82) is 0 Å². The molecule has 0 unspecified atom stereocenters. The van der Waals surface area contributed by atoms with Gasteiger partial charge >= 0.3 is 0 Å². The van der Waals surface area contributed by atoms with Crippen molar-refractivity contribution in [2.24, 2.45) is 5.92 Å². The predicted molar refractivity (Wildman–Crippen MR) is 110 cm³/mol. The molecule has 26 heavy (non-hydrogen) atoms. The lowest BCUT2D eigenvalue weighted by atomic mass is 9.93. The van der Waals surface area contributed by atoms with Crippen LogP contribution in [0, 0.1) is 5.92 Å². The van der Waals surface area contributed by atoms with E-state index >= 15 is 0 Å². The average molecular weight is 403 g/mol. The van der Waals surface area contributed by atoms with Crippen LogP contribution in [0.15, 0.2) is 24.3 Å². The SMILES string of the molecule is CC(C)(C)S(=O)(=O)Cc1cccc(NC(=O)CCC2CCNCC2)c1.Cl. The summed E-state index contributed by atoms with van der Waals surface area (Å²) in [4.78, 5) is 12.2. The smallest absolute Gasteiger partial charge is 0.224 e. The van der Waals surface area contributed by atoms with Crippen LogP contribution in [-0.4, -0.2) is 32.2 Å². The van der Waals surface area contributed by atoms with Gasteiger partial charge in [-0.3, -0.25) is 4.79 Å². The van der Waals surface area contributed by atoms with E-state index in [0.29, 0.717) is 23.6 Å². The molecule has 1 amide bonds. The molecule has 1 aliphatic heterocycles. The van der Waals surface area contributed by atoms with E-state index in [1.807, 2.05) is 0 Å². The number of nitrogens with one attached hydrogen (secondary N) is 2. The molecule has 0 saturated carbocycles. The van der Waals surface area contributed by atoms with Crippen molar-refractivity contribution in [2.45, 2.75) is 57.0 Å². The highest BCUT2D eigenvalue weighted by atomic mass is 35.5. The first-order valence-electron chi connectivity index (χ1n) is 8.99. The van der Waals surface area contributed by atoms with Gasteiger partial charge in [-0.25, -0.2) is 8.42 Å². The third-order valence-electron chi connectivity index (χ3n) is 4.74. The highest BCUT2D eigenvalue weighted by Crippen LogP contribution is 2.22. The Hall–Kier alpha value is -1.11. The summed E-state index contributed by atoms with van der Waals surface area (Å²) >= 11 is 0. The Morgan fingerprint density at radius 3 is 2.50 bits per heavy atom. The van der Waals surface area contributed by atoms with Crippen molar-refractivity contribution in [3.8, 4) is 0 Å². The minimum atomic E-state index is -3.24. The van der Waals surface area contributed by atoms with Crippen molar-refractivity contribution in [1.82, 2.24) is 5.32 Å². The van der Waals surface area contributed by atoms with Gasteiger partial charge < -0.3 is 10.6 Å². The summed E-state index contributed by atoms with van der Waals surface area (Å²) in [6.07, 6.45) is 3.68. The third-order valence-corrected chi connectivity index (χ3v) is 7.32. The lowest BCUT2D eigenvalue weighted by Gasteiger charge is -2.22. The Balaban J connectivity index is 0.00000338. The van der Waals surface area contributed by atoms with Crippen LogP contribution in [0.25, 0.3) is 0 Å². The van der Waals surface area contributed by atoms with Crippen molar-refractivity contribution in [3.63, 3.8) is 0 Å². The van der Waals surface area contributed by atoms with Crippen LogP contribution < -0.4 is 10.6 Å². The summed E-state index contributed by atoms with van der Waals surface area (Å²) in [6.45, 7) is 7.19. The lowest BCUT2D eigenvalue weighted by molar-refractivity contribution is -0.116. The van der Waals surface area contributed by atoms with Crippen LogP contribution in [-0.2, 0) is 20.4 Å². The molecule has 2 N–H and O–H groups in total. The molecule has 0 spiro atoms. The normalized spacial score (nSPS) is 16.0. The quantitative estimate of drug-likeness (QED) is 0.763. The summed E-state index contributed by atoms with van der Waals surface area (Å²) < 4.78 is 23.9. The zero-order valence-electron chi connectivity index (χ0n) is 15.9. The van der Waals surface area contributed by atoms with Gasteiger partial charge in [0, 0.05) is 12.1 Å². The summed E-state index contributed by atoms with van der Waals surface area (Å²) in [6, 6.07) is 7.13. The Labute approximate surface area is 163 Å². The van der Waals surface area contributed by atoms with Gasteiger partial charge in [-0.05, 0) is 76.7 Å². The Bertz CT molecular complexity index is 693. The van der Waals surface area contributed by atoms with Gasteiger partial charge in [-0.2, -0.15) is 0 Å². The maximum atomic E-state index is 12.3. The molecule has 1 aliphatic rings. The van der Waals surface area contributed by atoms with Crippen LogP contribution in [0.2, 0.25) is 0 Å². The number of piperidine rings is 1. The van der Waals surface area contributed by atoms with Crippen molar-refractivity contribution < 1.29 is 13.2 Å². The molecule has 0 atom stereocenters. The molecule has 0 aliphatic carbocycles. The minimum absolute atomic E-state index is 0. The highest BCUT2D eigenvalue weighted by molar-refractivity contribution is 7.91. The molecule has 1 aromatic carbocycles.